The second-order valence-electron chi connectivity index (χ2n) is 5.53. The lowest BCUT2D eigenvalue weighted by Gasteiger charge is -2.01. The molecule has 0 fully saturated rings. The molecule has 0 atom stereocenters. The van der Waals surface area contributed by atoms with Gasteiger partial charge in [0.05, 0.1) is 11.3 Å². The van der Waals surface area contributed by atoms with E-state index in [1.807, 2.05) is 23.6 Å². The van der Waals surface area contributed by atoms with Crippen molar-refractivity contribution in [3.05, 3.63) is 76.2 Å². The van der Waals surface area contributed by atoms with Gasteiger partial charge in [-0.15, -0.1) is 0 Å². The van der Waals surface area contributed by atoms with E-state index in [2.05, 4.69) is 15.4 Å². The lowest BCUT2D eigenvalue weighted by atomic mass is 10.3. The number of aliphatic imine (C=N–C) groups is 1. The van der Waals surface area contributed by atoms with E-state index in [4.69, 9.17) is 5.26 Å². The molecule has 0 aliphatic carbocycles. The van der Waals surface area contributed by atoms with Gasteiger partial charge in [0.1, 0.15) is 5.40 Å². The highest BCUT2D eigenvalue weighted by atomic mass is 32.2. The monoisotopic (exact) mass is 377 g/mol. The normalized spacial score (nSPS) is 10.7. The Kier molecular flexibility index (Phi) is 5.54. The highest BCUT2D eigenvalue weighted by Gasteiger charge is 2.11. The first-order valence-corrected chi connectivity index (χ1v) is 8.78. The van der Waals surface area contributed by atoms with Crippen LogP contribution in [-0.4, -0.2) is 22.0 Å². The van der Waals surface area contributed by atoms with Crippen LogP contribution in [0.25, 0.3) is 5.69 Å². The predicted molar refractivity (Wildman–Crippen MR) is 106 cm³/mol. The summed E-state index contributed by atoms with van der Waals surface area (Å²) in [5.74, 6) is 0. The Hall–Kier alpha value is -3.57. The molecule has 8 heteroatoms. The van der Waals surface area contributed by atoms with Crippen molar-refractivity contribution in [2.24, 2.45) is 4.99 Å². The van der Waals surface area contributed by atoms with Gasteiger partial charge in [-0.05, 0) is 55.1 Å². The maximum Gasteiger partial charge on any atom is 0.345 e. The maximum atomic E-state index is 12.5. The highest BCUT2D eigenvalue weighted by Crippen LogP contribution is 2.19. The molecule has 0 bridgehead atoms. The maximum absolute atomic E-state index is 12.5. The van der Waals surface area contributed by atoms with Crippen LogP contribution in [-0.2, 0) is 0 Å². The number of nitriles is 1. The van der Waals surface area contributed by atoms with Crippen molar-refractivity contribution in [3.63, 3.8) is 0 Å². The average molecular weight is 377 g/mol. The summed E-state index contributed by atoms with van der Waals surface area (Å²) in [5.41, 5.74) is 1.89. The van der Waals surface area contributed by atoms with E-state index in [1.165, 1.54) is 10.9 Å². The SMILES string of the molecule is Cc1[nH]n(-c2ccccc2)c(=O)c1/C=N/C(=O)Nc1ccc(SC#N)cc1. The Morgan fingerprint density at radius 3 is 2.59 bits per heavy atom. The lowest BCUT2D eigenvalue weighted by Crippen LogP contribution is -2.17. The summed E-state index contributed by atoms with van der Waals surface area (Å²) in [6.07, 6.45) is 1.25. The summed E-state index contributed by atoms with van der Waals surface area (Å²) < 4.78 is 1.40. The molecule has 3 aromatic rings. The summed E-state index contributed by atoms with van der Waals surface area (Å²) in [6, 6.07) is 15.3. The molecule has 1 heterocycles. The number of hydrogen-bond donors (Lipinski definition) is 2. The third-order valence-corrected chi connectivity index (χ3v) is 4.31. The van der Waals surface area contributed by atoms with Gasteiger partial charge in [0, 0.05) is 22.5 Å². The average Bonchev–Trinajstić information content (AvgIpc) is 2.96. The minimum atomic E-state index is -0.595. The number of aryl methyl sites for hydroxylation is 1. The number of aromatic nitrogens is 2. The number of urea groups is 1. The van der Waals surface area contributed by atoms with Gasteiger partial charge in [0.15, 0.2) is 0 Å². The largest absolute Gasteiger partial charge is 0.345 e. The molecule has 0 saturated heterocycles. The van der Waals surface area contributed by atoms with Gasteiger partial charge in [-0.2, -0.15) is 5.26 Å². The van der Waals surface area contributed by atoms with Crippen molar-refractivity contribution in [2.75, 3.05) is 5.32 Å². The third-order valence-electron chi connectivity index (χ3n) is 3.71. The number of hydrogen-bond acceptors (Lipinski definition) is 4. The number of amides is 2. The van der Waals surface area contributed by atoms with Gasteiger partial charge in [-0.1, -0.05) is 18.2 Å². The molecular formula is C19H15N5O2S. The summed E-state index contributed by atoms with van der Waals surface area (Å²) >= 11 is 1.04. The molecule has 0 radical (unpaired) electrons. The molecule has 0 saturated carbocycles. The van der Waals surface area contributed by atoms with E-state index in [1.54, 1.807) is 43.3 Å². The predicted octanol–water partition coefficient (Wildman–Crippen LogP) is 3.70. The Bertz CT molecular complexity index is 1080. The Labute approximate surface area is 159 Å². The first kappa shape index (κ1) is 18.2. The number of benzene rings is 2. The minimum absolute atomic E-state index is 0.284. The number of aromatic amines is 1. The van der Waals surface area contributed by atoms with E-state index in [-0.39, 0.29) is 5.56 Å². The highest BCUT2D eigenvalue weighted by molar-refractivity contribution is 8.03. The molecule has 2 N–H and O–H groups in total. The van der Waals surface area contributed by atoms with Crippen LogP contribution in [0.4, 0.5) is 10.5 Å². The fourth-order valence-corrected chi connectivity index (χ4v) is 2.79. The van der Waals surface area contributed by atoms with Crippen LogP contribution in [0, 0.1) is 17.6 Å². The molecule has 7 nitrogen and oxygen atoms in total. The summed E-state index contributed by atoms with van der Waals surface area (Å²) in [7, 11) is 0. The van der Waals surface area contributed by atoms with E-state index in [0.717, 1.165) is 16.7 Å². The number of rotatable bonds is 4. The first-order valence-electron chi connectivity index (χ1n) is 7.96. The zero-order valence-corrected chi connectivity index (χ0v) is 15.2. The first-order chi connectivity index (χ1) is 13.1. The fraction of sp³-hybridized carbons (Fsp3) is 0.0526. The third kappa shape index (κ3) is 4.34. The van der Waals surface area contributed by atoms with Crippen LogP contribution < -0.4 is 10.9 Å². The summed E-state index contributed by atoms with van der Waals surface area (Å²) in [5, 5.41) is 16.2. The van der Waals surface area contributed by atoms with Crippen LogP contribution in [0.3, 0.4) is 0 Å². The Morgan fingerprint density at radius 2 is 1.93 bits per heavy atom. The number of nitrogens with zero attached hydrogens (tertiary/aromatic N) is 3. The second kappa shape index (κ2) is 8.21. The number of nitrogens with one attached hydrogen (secondary N) is 2. The number of anilines is 1. The van der Waals surface area contributed by atoms with Crippen molar-refractivity contribution in [1.82, 2.24) is 9.78 Å². The van der Waals surface area contributed by atoms with Crippen molar-refractivity contribution < 1.29 is 4.79 Å². The van der Waals surface area contributed by atoms with Gasteiger partial charge in [-0.25, -0.2) is 14.5 Å². The van der Waals surface area contributed by atoms with E-state index in [9.17, 15) is 9.59 Å². The molecule has 0 unspecified atom stereocenters. The van der Waals surface area contributed by atoms with Gasteiger partial charge in [0.2, 0.25) is 0 Å². The van der Waals surface area contributed by atoms with Crippen molar-refractivity contribution in [2.45, 2.75) is 11.8 Å². The smallest absolute Gasteiger partial charge is 0.306 e. The molecule has 2 amide bonds. The quantitative estimate of drug-likeness (QED) is 0.411. The van der Waals surface area contributed by atoms with Crippen LogP contribution in [0.1, 0.15) is 11.3 Å². The zero-order valence-electron chi connectivity index (χ0n) is 14.3. The summed E-state index contributed by atoms with van der Waals surface area (Å²) in [4.78, 5) is 29.1. The molecule has 0 aliphatic rings. The number of thioether (sulfide) groups is 1. The van der Waals surface area contributed by atoms with Gasteiger partial charge in [-0.3, -0.25) is 9.89 Å². The van der Waals surface area contributed by atoms with Crippen LogP contribution >= 0.6 is 11.8 Å². The fourth-order valence-electron chi connectivity index (χ4n) is 2.41. The van der Waals surface area contributed by atoms with Crippen LogP contribution in [0.5, 0.6) is 0 Å². The Morgan fingerprint density at radius 1 is 1.22 bits per heavy atom. The zero-order chi connectivity index (χ0) is 19.2. The number of carbonyl (C=O) groups is 1. The van der Waals surface area contributed by atoms with Crippen molar-refractivity contribution in [3.8, 4) is 11.1 Å². The number of H-pyrrole nitrogens is 1. The van der Waals surface area contributed by atoms with Gasteiger partial charge in [0.25, 0.3) is 5.56 Å². The van der Waals surface area contributed by atoms with Crippen molar-refractivity contribution in [1.29, 1.82) is 5.26 Å². The molecule has 0 aliphatic heterocycles. The lowest BCUT2D eigenvalue weighted by molar-refractivity contribution is 0.259. The standard InChI is InChI=1S/C19H15N5O2S/c1-13-17(18(25)24(23-13)15-5-3-2-4-6-15)11-21-19(26)22-14-7-9-16(10-8-14)27-12-20/h2-11,23H,1H3,(H,22,26)/b21-11+. The van der Waals surface area contributed by atoms with E-state index < -0.39 is 6.03 Å². The molecule has 1 aromatic heterocycles. The number of thiocyanates is 1. The number of para-hydroxylation sites is 1. The molecular weight excluding hydrogens is 362 g/mol. The van der Waals surface area contributed by atoms with Gasteiger partial charge >= 0.3 is 6.03 Å². The van der Waals surface area contributed by atoms with Crippen LogP contribution in [0.2, 0.25) is 0 Å². The molecule has 27 heavy (non-hydrogen) atoms. The molecule has 2 aromatic carbocycles. The van der Waals surface area contributed by atoms with E-state index >= 15 is 0 Å². The number of carbonyl (C=O) groups excluding carboxylic acids is 1. The molecule has 3 rings (SSSR count). The van der Waals surface area contributed by atoms with E-state index in [0.29, 0.717) is 22.6 Å². The molecule has 0 spiro atoms. The second-order valence-corrected chi connectivity index (χ2v) is 6.39. The summed E-state index contributed by atoms with van der Waals surface area (Å²) in [6.45, 7) is 1.74. The van der Waals surface area contributed by atoms with Gasteiger partial charge < -0.3 is 5.32 Å². The topological polar surface area (TPSA) is 103 Å². The minimum Gasteiger partial charge on any atom is -0.306 e. The Balaban J connectivity index is 1.74. The molecule has 134 valence electrons. The van der Waals surface area contributed by atoms with Crippen molar-refractivity contribution >= 4 is 29.7 Å². The van der Waals surface area contributed by atoms with Crippen LogP contribution in [0.15, 0.2) is 69.3 Å².